The van der Waals surface area contributed by atoms with Gasteiger partial charge in [0, 0.05) is 58.3 Å². The summed E-state index contributed by atoms with van der Waals surface area (Å²) >= 11 is 0. The van der Waals surface area contributed by atoms with Crippen LogP contribution in [-0.2, 0) is 9.59 Å². The number of likely N-dealkylation sites (tertiary alicyclic amines) is 1. The Labute approximate surface area is 248 Å². The van der Waals surface area contributed by atoms with Gasteiger partial charge < -0.3 is 39.8 Å². The highest BCUT2D eigenvalue weighted by molar-refractivity contribution is 5.79. The smallest absolute Gasteiger partial charge is 0.319 e. The first-order chi connectivity index (χ1) is 20.3. The Bertz CT molecular complexity index is 1100. The number of carboxylic acid groups (broad SMARTS) is 1. The summed E-state index contributed by atoms with van der Waals surface area (Å²) in [5.41, 5.74) is 6.47. The molecular weight excluding hydrogens is 542 g/mol. The number of nitrogens with zero attached hydrogens (tertiary/aromatic N) is 4. The molecule has 3 atom stereocenters. The second kappa shape index (κ2) is 14.8. The molecule has 12 nitrogen and oxygen atoms in total. The van der Waals surface area contributed by atoms with Gasteiger partial charge in [0.2, 0.25) is 18.4 Å². The number of fused-ring (bicyclic) bond motifs is 1. The molecule has 0 bridgehead atoms. The first-order valence-corrected chi connectivity index (χ1v) is 15.2. The average Bonchev–Trinajstić information content (AvgIpc) is 3.60. The van der Waals surface area contributed by atoms with Crippen LogP contribution in [-0.4, -0.2) is 122 Å². The number of carbonyl (C=O) groups is 3. The zero-order chi connectivity index (χ0) is 30.2. The summed E-state index contributed by atoms with van der Waals surface area (Å²) in [7, 11) is 3.33. The zero-order valence-corrected chi connectivity index (χ0v) is 25.3. The number of amides is 3. The van der Waals surface area contributed by atoms with Gasteiger partial charge in [0.15, 0.2) is 11.5 Å². The molecule has 3 heterocycles. The Morgan fingerprint density at radius 3 is 2.67 bits per heavy atom. The van der Waals surface area contributed by atoms with E-state index in [1.165, 1.54) is 0 Å². The standard InChI is InChI=1S/C30H47N5O7/c1-4-5-12-33(13-7-6-10-31)26(36)19-35-18-22(21-16-24(40-3)28-25(17-21)41-20-42-28)27(29(37)38)23(35)9-15-34-14-8-11-32(2)30(34)39/h16-17,22-23,27H,4-15,18-20,31H2,1-3H3,(H,37,38)/t22-,23+,27?/m1/s1. The lowest BCUT2D eigenvalue weighted by molar-refractivity contribution is -0.144. The molecule has 0 saturated carbocycles. The van der Waals surface area contributed by atoms with Gasteiger partial charge in [0.25, 0.3) is 0 Å². The maximum Gasteiger partial charge on any atom is 0.319 e. The number of urea groups is 1. The third-order valence-electron chi connectivity index (χ3n) is 8.71. The van der Waals surface area contributed by atoms with Crippen LogP contribution in [0.3, 0.4) is 0 Å². The van der Waals surface area contributed by atoms with Crippen molar-refractivity contribution < 1.29 is 33.7 Å². The second-order valence-corrected chi connectivity index (χ2v) is 11.5. The molecule has 4 rings (SSSR count). The van der Waals surface area contributed by atoms with Gasteiger partial charge >= 0.3 is 12.0 Å². The number of hydrogen-bond acceptors (Lipinski definition) is 8. The number of benzene rings is 1. The monoisotopic (exact) mass is 589 g/mol. The van der Waals surface area contributed by atoms with Gasteiger partial charge in [-0.2, -0.15) is 0 Å². The highest BCUT2D eigenvalue weighted by Gasteiger charge is 2.48. The van der Waals surface area contributed by atoms with Crippen molar-refractivity contribution in [2.24, 2.45) is 11.7 Å². The fourth-order valence-electron chi connectivity index (χ4n) is 6.41. The molecule has 1 aromatic carbocycles. The van der Waals surface area contributed by atoms with E-state index in [9.17, 15) is 19.5 Å². The minimum absolute atomic E-state index is 0.00712. The maximum atomic E-state index is 13.7. The molecular formula is C30H47N5O7. The summed E-state index contributed by atoms with van der Waals surface area (Å²) in [6.07, 6.45) is 4.86. The highest BCUT2D eigenvalue weighted by Crippen LogP contribution is 2.47. The number of nitrogens with two attached hydrogens (primary N) is 1. The fraction of sp³-hybridized carbons (Fsp3) is 0.700. The van der Waals surface area contributed by atoms with E-state index in [1.54, 1.807) is 24.0 Å². The topological polar surface area (TPSA) is 138 Å². The van der Waals surface area contributed by atoms with Crippen molar-refractivity contribution in [1.82, 2.24) is 19.6 Å². The first-order valence-electron chi connectivity index (χ1n) is 15.2. The Morgan fingerprint density at radius 1 is 1.17 bits per heavy atom. The van der Waals surface area contributed by atoms with Gasteiger partial charge in [-0.05, 0) is 56.3 Å². The van der Waals surface area contributed by atoms with Crippen molar-refractivity contribution in [2.45, 2.75) is 57.4 Å². The van der Waals surface area contributed by atoms with Gasteiger partial charge in [0.1, 0.15) is 0 Å². The molecule has 1 unspecified atom stereocenters. The molecule has 3 N–H and O–H groups in total. The van der Waals surface area contributed by atoms with Crippen LogP contribution in [0.5, 0.6) is 17.2 Å². The number of aliphatic carboxylic acids is 1. The largest absolute Gasteiger partial charge is 0.493 e. The average molecular weight is 590 g/mol. The molecule has 0 spiro atoms. The van der Waals surface area contributed by atoms with Crippen LogP contribution >= 0.6 is 0 Å². The molecule has 2 fully saturated rings. The van der Waals surface area contributed by atoms with Crippen molar-refractivity contribution in [3.63, 3.8) is 0 Å². The number of carboxylic acids is 1. The van der Waals surface area contributed by atoms with Gasteiger partial charge in [-0.1, -0.05) is 13.3 Å². The van der Waals surface area contributed by atoms with E-state index >= 15 is 0 Å². The van der Waals surface area contributed by atoms with Gasteiger partial charge in [-0.15, -0.1) is 0 Å². The predicted octanol–water partition coefficient (Wildman–Crippen LogP) is 2.41. The Balaban J connectivity index is 1.61. The van der Waals surface area contributed by atoms with Crippen molar-refractivity contribution in [3.8, 4) is 17.2 Å². The van der Waals surface area contributed by atoms with E-state index in [4.69, 9.17) is 19.9 Å². The van der Waals surface area contributed by atoms with Crippen molar-refractivity contribution >= 4 is 17.9 Å². The lowest BCUT2D eigenvalue weighted by Gasteiger charge is -2.35. The summed E-state index contributed by atoms with van der Waals surface area (Å²) in [6.45, 7) is 6.32. The molecule has 42 heavy (non-hydrogen) atoms. The molecule has 0 aliphatic carbocycles. The molecule has 3 aliphatic rings. The summed E-state index contributed by atoms with van der Waals surface area (Å²) in [5, 5.41) is 10.6. The summed E-state index contributed by atoms with van der Waals surface area (Å²) in [6, 6.07) is 3.17. The lowest BCUT2D eigenvalue weighted by atomic mass is 9.84. The number of carbonyl (C=O) groups excluding carboxylic acids is 2. The van der Waals surface area contributed by atoms with Crippen LogP contribution < -0.4 is 19.9 Å². The Morgan fingerprint density at radius 2 is 1.95 bits per heavy atom. The van der Waals surface area contributed by atoms with Crippen molar-refractivity contribution in [1.29, 1.82) is 0 Å². The fourth-order valence-corrected chi connectivity index (χ4v) is 6.41. The lowest BCUT2D eigenvalue weighted by Crippen LogP contribution is -2.50. The minimum Gasteiger partial charge on any atom is -0.493 e. The predicted molar refractivity (Wildman–Crippen MR) is 157 cm³/mol. The number of hydrogen-bond donors (Lipinski definition) is 2. The Hall–Kier alpha value is -3.25. The van der Waals surface area contributed by atoms with Crippen molar-refractivity contribution in [3.05, 3.63) is 17.7 Å². The van der Waals surface area contributed by atoms with Gasteiger partial charge in [-0.25, -0.2) is 4.79 Å². The highest BCUT2D eigenvalue weighted by atomic mass is 16.7. The number of ether oxygens (including phenoxy) is 3. The van der Waals surface area contributed by atoms with Crippen LogP contribution in [0.2, 0.25) is 0 Å². The maximum absolute atomic E-state index is 13.7. The van der Waals surface area contributed by atoms with E-state index in [2.05, 4.69) is 6.92 Å². The third kappa shape index (κ3) is 7.20. The number of rotatable bonds is 15. The van der Waals surface area contributed by atoms with Crippen molar-refractivity contribution in [2.75, 3.05) is 73.3 Å². The number of unbranched alkanes of at least 4 members (excludes halogenated alkanes) is 2. The molecule has 3 aliphatic heterocycles. The Kier molecular flexibility index (Phi) is 11.1. The van der Waals surface area contributed by atoms with Gasteiger partial charge in [0.05, 0.1) is 19.6 Å². The molecule has 12 heteroatoms. The first kappa shape index (κ1) is 31.7. The molecule has 0 radical (unpaired) electrons. The van der Waals surface area contributed by atoms with Crippen LogP contribution in [0.15, 0.2) is 12.1 Å². The number of methoxy groups -OCH3 is 1. The van der Waals surface area contributed by atoms with E-state index in [-0.39, 0.29) is 25.3 Å². The molecule has 234 valence electrons. The van der Waals surface area contributed by atoms with Crippen LogP contribution in [0.4, 0.5) is 4.79 Å². The molecule has 0 aromatic heterocycles. The van der Waals surface area contributed by atoms with Gasteiger partial charge in [-0.3, -0.25) is 14.5 Å². The van der Waals surface area contributed by atoms with Crippen LogP contribution in [0, 0.1) is 5.92 Å². The van der Waals surface area contributed by atoms with E-state index in [0.29, 0.717) is 69.5 Å². The molecule has 1 aromatic rings. The molecule has 2 saturated heterocycles. The normalized spacial score (nSPS) is 22.1. The summed E-state index contributed by atoms with van der Waals surface area (Å²) in [4.78, 5) is 46.8. The summed E-state index contributed by atoms with van der Waals surface area (Å²) < 4.78 is 16.7. The zero-order valence-electron chi connectivity index (χ0n) is 25.3. The SMILES string of the molecule is CCCCN(CCCCN)C(=O)CN1C[C@H](c2cc(OC)c3c(c2)OCO3)C(C(=O)O)[C@@H]1CCN1CCCN(C)C1=O. The minimum atomic E-state index is -0.926. The third-order valence-corrected chi connectivity index (χ3v) is 8.71. The van der Waals surface area contributed by atoms with E-state index < -0.39 is 23.8 Å². The van der Waals surface area contributed by atoms with Crippen LogP contribution in [0.25, 0.3) is 0 Å². The summed E-state index contributed by atoms with van der Waals surface area (Å²) in [5.74, 6) is -0.621. The van der Waals surface area contributed by atoms with E-state index in [1.807, 2.05) is 21.9 Å². The quantitative estimate of drug-likeness (QED) is 0.295. The van der Waals surface area contributed by atoms with Crippen LogP contribution in [0.1, 0.15) is 56.9 Å². The second-order valence-electron chi connectivity index (χ2n) is 11.5. The molecule has 3 amide bonds. The van der Waals surface area contributed by atoms with E-state index in [0.717, 1.165) is 37.7 Å².